The molecule has 1 saturated heterocycles. The molecule has 1 unspecified atom stereocenters. The van der Waals surface area contributed by atoms with Crippen LogP contribution in [0, 0.1) is 18.3 Å². The second-order valence-electron chi connectivity index (χ2n) is 6.68. The largest absolute Gasteiger partial charge is 0.490 e. The Morgan fingerprint density at radius 1 is 1.36 bits per heavy atom. The van der Waals surface area contributed by atoms with Gasteiger partial charge >= 0.3 is 0 Å². The van der Waals surface area contributed by atoms with E-state index in [1.165, 1.54) is 5.56 Å². The summed E-state index contributed by atoms with van der Waals surface area (Å²) in [5, 5.41) is 3.40. The standard InChI is InChI=1S/C17H22N2O2.ClH/c1-12-2-3-14-15(10-12)21-9-8-19(14)16(20)13-11-17(13)4-6-18-7-5-17;/h2-3,10,13,18H,4-9,11H2,1H3;1H. The van der Waals surface area contributed by atoms with E-state index >= 15 is 0 Å². The van der Waals surface area contributed by atoms with Crippen LogP contribution in [0.2, 0.25) is 0 Å². The van der Waals surface area contributed by atoms with Gasteiger partial charge < -0.3 is 15.0 Å². The SMILES string of the molecule is Cc1ccc2c(c1)OCCN2C(=O)C1CC12CCNCC2.Cl. The van der Waals surface area contributed by atoms with Crippen molar-refractivity contribution in [3.8, 4) is 5.75 Å². The maximum atomic E-state index is 12.9. The van der Waals surface area contributed by atoms with E-state index < -0.39 is 0 Å². The number of amides is 1. The van der Waals surface area contributed by atoms with E-state index in [0.717, 1.165) is 43.8 Å². The Bertz CT molecular complexity index is 584. The van der Waals surface area contributed by atoms with Crippen molar-refractivity contribution in [2.75, 3.05) is 31.1 Å². The van der Waals surface area contributed by atoms with E-state index in [1.54, 1.807) is 0 Å². The zero-order chi connectivity index (χ0) is 14.4. The van der Waals surface area contributed by atoms with Crippen LogP contribution in [0.3, 0.4) is 0 Å². The van der Waals surface area contributed by atoms with Crippen LogP contribution in [0.4, 0.5) is 5.69 Å². The number of carbonyl (C=O) groups excluding carboxylic acids is 1. The zero-order valence-electron chi connectivity index (χ0n) is 12.9. The van der Waals surface area contributed by atoms with Gasteiger partial charge in [0.1, 0.15) is 12.4 Å². The lowest BCUT2D eigenvalue weighted by Crippen LogP contribution is -2.41. The van der Waals surface area contributed by atoms with Crippen molar-refractivity contribution in [3.05, 3.63) is 23.8 Å². The third-order valence-corrected chi connectivity index (χ3v) is 5.33. The van der Waals surface area contributed by atoms with Crippen molar-refractivity contribution >= 4 is 24.0 Å². The zero-order valence-corrected chi connectivity index (χ0v) is 13.7. The summed E-state index contributed by atoms with van der Waals surface area (Å²) in [7, 11) is 0. The molecule has 2 heterocycles. The number of nitrogens with one attached hydrogen (secondary N) is 1. The molecule has 4 nitrogen and oxygen atoms in total. The minimum atomic E-state index is 0. The van der Waals surface area contributed by atoms with E-state index in [2.05, 4.69) is 18.3 Å². The van der Waals surface area contributed by atoms with Gasteiger partial charge in [-0.1, -0.05) is 6.07 Å². The average Bonchev–Trinajstić information content (AvgIpc) is 3.19. The molecule has 0 aromatic heterocycles. The number of nitrogens with zero attached hydrogens (tertiary/aromatic N) is 1. The fourth-order valence-corrected chi connectivity index (χ4v) is 3.92. The predicted molar refractivity (Wildman–Crippen MR) is 88.9 cm³/mol. The molecule has 1 N–H and O–H groups in total. The van der Waals surface area contributed by atoms with E-state index in [4.69, 9.17) is 4.74 Å². The topological polar surface area (TPSA) is 41.6 Å². The molecule has 4 rings (SSSR count). The van der Waals surface area contributed by atoms with Crippen LogP contribution in [0.25, 0.3) is 0 Å². The van der Waals surface area contributed by atoms with Crippen molar-refractivity contribution in [1.82, 2.24) is 5.32 Å². The molecule has 1 atom stereocenters. The smallest absolute Gasteiger partial charge is 0.230 e. The monoisotopic (exact) mass is 322 g/mol. The molecular weight excluding hydrogens is 300 g/mol. The van der Waals surface area contributed by atoms with Gasteiger partial charge in [-0.15, -0.1) is 12.4 Å². The molecule has 2 aliphatic heterocycles. The third kappa shape index (κ3) is 2.48. The van der Waals surface area contributed by atoms with Crippen LogP contribution in [-0.2, 0) is 4.79 Å². The lowest BCUT2D eigenvalue weighted by atomic mass is 9.91. The molecule has 1 aliphatic carbocycles. The molecule has 120 valence electrons. The molecule has 1 aromatic rings. The van der Waals surface area contributed by atoms with E-state index in [-0.39, 0.29) is 18.3 Å². The van der Waals surface area contributed by atoms with Gasteiger partial charge in [0.2, 0.25) is 5.91 Å². The van der Waals surface area contributed by atoms with Crippen LogP contribution >= 0.6 is 12.4 Å². The van der Waals surface area contributed by atoms with Crippen LogP contribution in [0.15, 0.2) is 18.2 Å². The number of aryl methyl sites for hydroxylation is 1. The average molecular weight is 323 g/mol. The maximum absolute atomic E-state index is 12.9. The lowest BCUT2D eigenvalue weighted by molar-refractivity contribution is -0.121. The second kappa shape index (κ2) is 5.74. The second-order valence-corrected chi connectivity index (χ2v) is 6.68. The number of ether oxygens (including phenoxy) is 1. The van der Waals surface area contributed by atoms with Crippen LogP contribution in [-0.4, -0.2) is 32.1 Å². The molecular formula is C17H23ClN2O2. The summed E-state index contributed by atoms with van der Waals surface area (Å²) in [5.41, 5.74) is 2.42. The highest BCUT2D eigenvalue weighted by Crippen LogP contribution is 2.59. The number of anilines is 1. The first-order valence-electron chi connectivity index (χ1n) is 7.95. The fourth-order valence-electron chi connectivity index (χ4n) is 3.92. The van der Waals surface area contributed by atoms with Crippen molar-refractivity contribution in [1.29, 1.82) is 0 Å². The van der Waals surface area contributed by atoms with Gasteiger partial charge in [0.25, 0.3) is 0 Å². The summed E-state index contributed by atoms with van der Waals surface area (Å²) in [4.78, 5) is 14.9. The maximum Gasteiger partial charge on any atom is 0.230 e. The number of hydrogen-bond acceptors (Lipinski definition) is 3. The highest BCUT2D eigenvalue weighted by molar-refractivity contribution is 5.99. The molecule has 0 bridgehead atoms. The number of halogens is 1. The summed E-state index contributed by atoms with van der Waals surface area (Å²) in [6, 6.07) is 6.11. The molecule has 0 radical (unpaired) electrons. The first-order valence-corrected chi connectivity index (χ1v) is 7.95. The van der Waals surface area contributed by atoms with Crippen molar-refractivity contribution in [2.45, 2.75) is 26.2 Å². The van der Waals surface area contributed by atoms with Crippen molar-refractivity contribution < 1.29 is 9.53 Å². The number of piperidine rings is 1. The molecule has 1 aromatic carbocycles. The van der Waals surface area contributed by atoms with Gasteiger partial charge in [-0.3, -0.25) is 4.79 Å². The fraction of sp³-hybridized carbons (Fsp3) is 0.588. The number of carbonyl (C=O) groups is 1. The first-order chi connectivity index (χ1) is 10.2. The molecule has 22 heavy (non-hydrogen) atoms. The minimum absolute atomic E-state index is 0. The summed E-state index contributed by atoms with van der Waals surface area (Å²) in [6.45, 7) is 5.45. The van der Waals surface area contributed by atoms with E-state index in [9.17, 15) is 4.79 Å². The summed E-state index contributed by atoms with van der Waals surface area (Å²) in [6.07, 6.45) is 3.37. The Morgan fingerprint density at radius 2 is 2.14 bits per heavy atom. The van der Waals surface area contributed by atoms with Gasteiger partial charge in [0, 0.05) is 5.92 Å². The van der Waals surface area contributed by atoms with Gasteiger partial charge in [-0.2, -0.15) is 0 Å². The van der Waals surface area contributed by atoms with E-state index in [1.807, 2.05) is 17.0 Å². The molecule has 1 spiro atoms. The lowest BCUT2D eigenvalue weighted by Gasteiger charge is -2.31. The molecule has 5 heteroatoms. The third-order valence-electron chi connectivity index (χ3n) is 5.33. The normalized spacial score (nSPS) is 25.0. The van der Waals surface area contributed by atoms with Gasteiger partial charge in [-0.25, -0.2) is 0 Å². The first kappa shape index (κ1) is 15.6. The quantitative estimate of drug-likeness (QED) is 0.864. The Balaban J connectivity index is 0.00000144. The number of fused-ring (bicyclic) bond motifs is 1. The van der Waals surface area contributed by atoms with Gasteiger partial charge in [0.05, 0.1) is 12.2 Å². The highest BCUT2D eigenvalue weighted by Gasteiger charge is 2.58. The van der Waals surface area contributed by atoms with Crippen molar-refractivity contribution in [3.63, 3.8) is 0 Å². The van der Waals surface area contributed by atoms with Crippen LogP contribution in [0.5, 0.6) is 5.75 Å². The van der Waals surface area contributed by atoms with Crippen LogP contribution < -0.4 is 15.0 Å². The summed E-state index contributed by atoms with van der Waals surface area (Å²) >= 11 is 0. The Labute approximate surface area is 137 Å². The Kier molecular flexibility index (Phi) is 4.08. The van der Waals surface area contributed by atoms with Crippen molar-refractivity contribution in [2.24, 2.45) is 11.3 Å². The Hall–Kier alpha value is -1.26. The molecule has 3 aliphatic rings. The predicted octanol–water partition coefficient (Wildman–Crippen LogP) is 2.53. The molecule has 2 fully saturated rings. The number of benzene rings is 1. The molecule has 1 saturated carbocycles. The van der Waals surface area contributed by atoms with Gasteiger partial charge in [-0.05, 0) is 62.4 Å². The Morgan fingerprint density at radius 3 is 2.91 bits per heavy atom. The number of hydrogen-bond donors (Lipinski definition) is 1. The van der Waals surface area contributed by atoms with E-state index in [0.29, 0.717) is 24.5 Å². The minimum Gasteiger partial charge on any atom is -0.490 e. The summed E-state index contributed by atoms with van der Waals surface area (Å²) in [5.74, 6) is 1.40. The van der Waals surface area contributed by atoms with Crippen LogP contribution in [0.1, 0.15) is 24.8 Å². The van der Waals surface area contributed by atoms with Gasteiger partial charge in [0.15, 0.2) is 0 Å². The summed E-state index contributed by atoms with van der Waals surface area (Å²) < 4.78 is 5.72. The number of rotatable bonds is 1. The molecule has 1 amide bonds. The highest BCUT2D eigenvalue weighted by atomic mass is 35.5.